The summed E-state index contributed by atoms with van der Waals surface area (Å²) < 4.78 is 19.0. The van der Waals surface area contributed by atoms with Crippen LogP contribution in [-0.2, 0) is 11.2 Å². The molecule has 126 valence electrons. The fraction of sp³-hybridized carbons (Fsp3) is 0.316. The van der Waals surface area contributed by atoms with Crippen LogP contribution < -0.4 is 10.1 Å². The minimum Gasteiger partial charge on any atom is -0.492 e. The van der Waals surface area contributed by atoms with Crippen LogP contribution in [0.2, 0.25) is 0 Å². The van der Waals surface area contributed by atoms with Crippen molar-refractivity contribution in [2.45, 2.75) is 18.9 Å². The van der Waals surface area contributed by atoms with E-state index in [1.54, 1.807) is 6.07 Å². The molecule has 1 amide bonds. The molecule has 0 saturated carbocycles. The Labute approximate surface area is 140 Å². The average molecular weight is 329 g/mol. The van der Waals surface area contributed by atoms with Crippen LogP contribution in [0.4, 0.5) is 4.39 Å². The van der Waals surface area contributed by atoms with E-state index in [-0.39, 0.29) is 36.9 Å². The molecule has 0 bridgehead atoms. The van der Waals surface area contributed by atoms with Crippen LogP contribution in [0.25, 0.3) is 0 Å². The highest BCUT2D eigenvalue weighted by atomic mass is 19.1. The molecule has 5 heteroatoms. The predicted molar refractivity (Wildman–Crippen MR) is 88.1 cm³/mol. The van der Waals surface area contributed by atoms with Crippen LogP contribution in [0.5, 0.6) is 5.75 Å². The van der Waals surface area contributed by atoms with Crippen molar-refractivity contribution in [2.75, 3.05) is 13.2 Å². The van der Waals surface area contributed by atoms with Gasteiger partial charge in [0.25, 0.3) is 0 Å². The molecule has 2 aromatic carbocycles. The van der Waals surface area contributed by atoms with E-state index in [0.717, 1.165) is 5.56 Å². The van der Waals surface area contributed by atoms with Crippen LogP contribution in [0.1, 0.15) is 23.6 Å². The lowest BCUT2D eigenvalue weighted by atomic mass is 9.95. The van der Waals surface area contributed by atoms with Gasteiger partial charge in [-0.1, -0.05) is 30.3 Å². The first kappa shape index (κ1) is 16.5. The zero-order chi connectivity index (χ0) is 16.9. The van der Waals surface area contributed by atoms with Gasteiger partial charge >= 0.3 is 0 Å². The first-order valence-electron chi connectivity index (χ1n) is 8.05. The lowest BCUT2D eigenvalue weighted by Crippen LogP contribution is -2.39. The summed E-state index contributed by atoms with van der Waals surface area (Å²) in [6.07, 6.45) is 0.883. The van der Waals surface area contributed by atoms with E-state index >= 15 is 0 Å². The second-order valence-electron chi connectivity index (χ2n) is 5.95. The van der Waals surface area contributed by atoms with Crippen molar-refractivity contribution in [1.82, 2.24) is 5.32 Å². The molecule has 0 saturated heterocycles. The number of aliphatic hydroxyl groups excluding tert-OH is 1. The Kier molecular flexibility index (Phi) is 5.11. The number of hydrogen-bond donors (Lipinski definition) is 2. The molecule has 0 fully saturated rings. The van der Waals surface area contributed by atoms with E-state index in [2.05, 4.69) is 5.32 Å². The maximum Gasteiger partial charge on any atom is 0.227 e. The van der Waals surface area contributed by atoms with Crippen molar-refractivity contribution >= 4 is 5.91 Å². The Hall–Kier alpha value is -2.40. The van der Waals surface area contributed by atoms with Gasteiger partial charge in [0.1, 0.15) is 18.2 Å². The van der Waals surface area contributed by atoms with E-state index in [1.165, 1.54) is 12.1 Å². The average Bonchev–Trinajstić information content (AvgIpc) is 2.61. The number of carbonyl (C=O) groups excluding carboxylic acids is 1. The van der Waals surface area contributed by atoms with Gasteiger partial charge in [0.2, 0.25) is 5.91 Å². The largest absolute Gasteiger partial charge is 0.492 e. The van der Waals surface area contributed by atoms with E-state index in [0.29, 0.717) is 24.2 Å². The van der Waals surface area contributed by atoms with E-state index in [9.17, 15) is 14.3 Å². The van der Waals surface area contributed by atoms with Gasteiger partial charge in [-0.2, -0.15) is 0 Å². The molecule has 3 rings (SSSR count). The van der Waals surface area contributed by atoms with Gasteiger partial charge in [0.05, 0.1) is 12.0 Å². The summed E-state index contributed by atoms with van der Waals surface area (Å²) in [6, 6.07) is 13.6. The van der Waals surface area contributed by atoms with Crippen molar-refractivity contribution in [3.63, 3.8) is 0 Å². The molecular formula is C19H20FNO3. The summed E-state index contributed by atoms with van der Waals surface area (Å²) in [4.78, 5) is 12.6. The number of fused-ring (bicyclic) bond motifs is 1. The van der Waals surface area contributed by atoms with Crippen LogP contribution in [-0.4, -0.2) is 24.2 Å². The Balaban J connectivity index is 1.70. The van der Waals surface area contributed by atoms with Gasteiger partial charge in [-0.3, -0.25) is 4.79 Å². The minimum atomic E-state index is -0.371. The van der Waals surface area contributed by atoms with Crippen LogP contribution >= 0.6 is 0 Å². The Bertz CT molecular complexity index is 705. The molecule has 1 aliphatic heterocycles. The Morgan fingerprint density at radius 2 is 2.08 bits per heavy atom. The first-order valence-corrected chi connectivity index (χ1v) is 8.05. The van der Waals surface area contributed by atoms with Crippen molar-refractivity contribution in [3.05, 3.63) is 65.5 Å². The molecule has 2 unspecified atom stereocenters. The monoisotopic (exact) mass is 329 g/mol. The molecule has 2 aromatic rings. The standard InChI is InChI=1S/C19H20FNO3/c20-16-6-7-18-14(11-16)10-15(12-24-18)19(23)21-17(8-9-22)13-4-2-1-3-5-13/h1-7,11,15,17,22H,8-10,12H2,(H,21,23). The summed E-state index contributed by atoms with van der Waals surface area (Å²) in [5.41, 5.74) is 1.66. The highest BCUT2D eigenvalue weighted by Crippen LogP contribution is 2.28. The first-order chi connectivity index (χ1) is 11.7. The van der Waals surface area contributed by atoms with Gasteiger partial charge in [-0.15, -0.1) is 0 Å². The maximum absolute atomic E-state index is 13.4. The molecule has 0 radical (unpaired) electrons. The van der Waals surface area contributed by atoms with Gasteiger partial charge in [0.15, 0.2) is 0 Å². The van der Waals surface area contributed by atoms with Gasteiger partial charge in [-0.25, -0.2) is 4.39 Å². The smallest absolute Gasteiger partial charge is 0.227 e. The minimum absolute atomic E-state index is 0.0188. The number of carbonyl (C=O) groups is 1. The maximum atomic E-state index is 13.4. The molecule has 24 heavy (non-hydrogen) atoms. The molecule has 0 spiro atoms. The zero-order valence-corrected chi connectivity index (χ0v) is 13.2. The Morgan fingerprint density at radius 3 is 2.83 bits per heavy atom. The fourth-order valence-electron chi connectivity index (χ4n) is 2.96. The van der Waals surface area contributed by atoms with Crippen LogP contribution in [0, 0.1) is 11.7 Å². The number of rotatable bonds is 5. The second-order valence-corrected chi connectivity index (χ2v) is 5.95. The number of benzene rings is 2. The summed E-state index contributed by atoms with van der Waals surface area (Å²) in [5.74, 6) is -0.215. The van der Waals surface area contributed by atoms with Gasteiger partial charge in [0, 0.05) is 6.61 Å². The van der Waals surface area contributed by atoms with Crippen LogP contribution in [0.15, 0.2) is 48.5 Å². The second kappa shape index (κ2) is 7.45. The van der Waals surface area contributed by atoms with E-state index in [4.69, 9.17) is 4.74 Å². The number of nitrogens with one attached hydrogen (secondary N) is 1. The molecule has 2 N–H and O–H groups in total. The van der Waals surface area contributed by atoms with Crippen LogP contribution in [0.3, 0.4) is 0 Å². The third kappa shape index (κ3) is 3.74. The highest BCUT2D eigenvalue weighted by molar-refractivity contribution is 5.80. The predicted octanol–water partition coefficient (Wildman–Crippen LogP) is 2.62. The number of hydrogen-bond acceptors (Lipinski definition) is 3. The topological polar surface area (TPSA) is 58.6 Å². The quantitative estimate of drug-likeness (QED) is 0.886. The van der Waals surface area contributed by atoms with Crippen molar-refractivity contribution in [3.8, 4) is 5.75 Å². The molecule has 2 atom stereocenters. The van der Waals surface area contributed by atoms with Crippen molar-refractivity contribution in [1.29, 1.82) is 0 Å². The number of amides is 1. The normalized spacial score (nSPS) is 17.5. The number of halogens is 1. The zero-order valence-electron chi connectivity index (χ0n) is 13.2. The highest BCUT2D eigenvalue weighted by Gasteiger charge is 2.28. The molecule has 1 aliphatic rings. The SMILES string of the molecule is O=C(NC(CCO)c1ccccc1)C1COc2ccc(F)cc2C1. The van der Waals surface area contributed by atoms with Gasteiger partial charge < -0.3 is 15.2 Å². The van der Waals surface area contributed by atoms with E-state index < -0.39 is 0 Å². The summed E-state index contributed by atoms with van der Waals surface area (Å²) in [6.45, 7) is 0.250. The molecule has 1 heterocycles. The third-order valence-corrected chi connectivity index (χ3v) is 4.24. The molecular weight excluding hydrogens is 309 g/mol. The molecule has 0 aromatic heterocycles. The summed E-state index contributed by atoms with van der Waals surface area (Å²) in [5, 5.41) is 12.2. The van der Waals surface area contributed by atoms with Gasteiger partial charge in [-0.05, 0) is 42.2 Å². The number of ether oxygens (including phenoxy) is 1. The lowest BCUT2D eigenvalue weighted by Gasteiger charge is -2.27. The molecule has 4 nitrogen and oxygen atoms in total. The third-order valence-electron chi connectivity index (χ3n) is 4.24. The van der Waals surface area contributed by atoms with E-state index in [1.807, 2.05) is 30.3 Å². The Morgan fingerprint density at radius 1 is 1.29 bits per heavy atom. The lowest BCUT2D eigenvalue weighted by molar-refractivity contribution is -0.127. The van der Waals surface area contributed by atoms with Crippen molar-refractivity contribution in [2.24, 2.45) is 5.92 Å². The summed E-state index contributed by atoms with van der Waals surface area (Å²) >= 11 is 0. The summed E-state index contributed by atoms with van der Waals surface area (Å²) in [7, 11) is 0. The van der Waals surface area contributed by atoms with Crippen molar-refractivity contribution < 1.29 is 19.0 Å². The number of aliphatic hydroxyl groups is 1. The molecule has 0 aliphatic carbocycles. The fourth-order valence-corrected chi connectivity index (χ4v) is 2.96.